The van der Waals surface area contributed by atoms with Crippen molar-refractivity contribution in [3.8, 4) is 5.75 Å². The smallest absolute Gasteiger partial charge is 0.416 e. The fourth-order valence-corrected chi connectivity index (χ4v) is 2.73. The van der Waals surface area contributed by atoms with Crippen LogP contribution in [0.1, 0.15) is 30.5 Å². The van der Waals surface area contributed by atoms with Gasteiger partial charge in [0.2, 0.25) is 0 Å². The van der Waals surface area contributed by atoms with E-state index in [1.54, 1.807) is 0 Å². The van der Waals surface area contributed by atoms with Gasteiger partial charge in [0.1, 0.15) is 11.9 Å². The monoisotopic (exact) mass is 257 g/mol. The summed E-state index contributed by atoms with van der Waals surface area (Å²) in [4.78, 5) is 0. The van der Waals surface area contributed by atoms with E-state index in [1.807, 2.05) is 0 Å². The lowest BCUT2D eigenvalue weighted by Crippen LogP contribution is -2.41. The third-order valence-corrected chi connectivity index (χ3v) is 3.65. The summed E-state index contributed by atoms with van der Waals surface area (Å²) in [7, 11) is 0. The predicted octanol–water partition coefficient (Wildman–Crippen LogP) is 3.14. The molecule has 0 bridgehead atoms. The second-order valence-corrected chi connectivity index (χ2v) is 5.13. The fraction of sp³-hybridized carbons (Fsp3) is 0.538. The number of nitrogens with one attached hydrogen (secondary N) is 1. The number of fused-ring (bicyclic) bond motifs is 3. The van der Waals surface area contributed by atoms with Gasteiger partial charge in [-0.05, 0) is 31.0 Å². The van der Waals surface area contributed by atoms with E-state index in [1.165, 1.54) is 6.07 Å². The quantitative estimate of drug-likeness (QED) is 0.771. The molecule has 0 spiro atoms. The summed E-state index contributed by atoms with van der Waals surface area (Å²) in [6, 6.07) is 3.81. The zero-order valence-electron chi connectivity index (χ0n) is 9.92. The van der Waals surface area contributed by atoms with Crippen molar-refractivity contribution in [2.45, 2.75) is 31.7 Å². The van der Waals surface area contributed by atoms with Crippen LogP contribution in [0, 0.1) is 5.92 Å². The molecule has 0 amide bonds. The minimum atomic E-state index is -4.31. The van der Waals surface area contributed by atoms with Gasteiger partial charge in [-0.3, -0.25) is 0 Å². The molecular weight excluding hydrogens is 243 g/mol. The molecule has 2 aliphatic heterocycles. The Morgan fingerprint density at radius 3 is 2.83 bits per heavy atom. The van der Waals surface area contributed by atoms with Crippen LogP contribution < -0.4 is 10.1 Å². The van der Waals surface area contributed by atoms with Crippen LogP contribution in [0.2, 0.25) is 0 Å². The first-order valence-corrected chi connectivity index (χ1v) is 6.06. The maximum atomic E-state index is 12.6. The molecule has 2 nitrogen and oxygen atoms in total. The molecule has 98 valence electrons. The van der Waals surface area contributed by atoms with Crippen LogP contribution in [0.15, 0.2) is 18.2 Å². The number of rotatable bonds is 0. The number of alkyl halides is 3. The van der Waals surface area contributed by atoms with Crippen LogP contribution >= 0.6 is 0 Å². The third-order valence-electron chi connectivity index (χ3n) is 3.65. The van der Waals surface area contributed by atoms with E-state index in [-0.39, 0.29) is 12.1 Å². The first-order valence-electron chi connectivity index (χ1n) is 6.06. The number of hydrogen-bond acceptors (Lipinski definition) is 2. The molecule has 1 aromatic rings. The molecule has 18 heavy (non-hydrogen) atoms. The molecule has 3 atom stereocenters. The Bertz CT molecular complexity index is 472. The number of ether oxygens (including phenoxy) is 1. The number of benzene rings is 1. The minimum absolute atomic E-state index is 0.0350. The van der Waals surface area contributed by atoms with Gasteiger partial charge >= 0.3 is 6.18 Å². The Balaban J connectivity index is 1.93. The predicted molar refractivity (Wildman–Crippen MR) is 60.4 cm³/mol. The summed E-state index contributed by atoms with van der Waals surface area (Å²) >= 11 is 0. The molecule has 0 aromatic heterocycles. The zero-order valence-corrected chi connectivity index (χ0v) is 9.92. The van der Waals surface area contributed by atoms with Gasteiger partial charge in [-0.1, -0.05) is 13.0 Å². The van der Waals surface area contributed by atoms with E-state index in [0.29, 0.717) is 11.7 Å². The second-order valence-electron chi connectivity index (χ2n) is 5.13. The van der Waals surface area contributed by atoms with E-state index >= 15 is 0 Å². The van der Waals surface area contributed by atoms with E-state index in [4.69, 9.17) is 4.74 Å². The Kier molecular flexibility index (Phi) is 2.55. The molecule has 3 rings (SSSR count). The van der Waals surface area contributed by atoms with Gasteiger partial charge in [0, 0.05) is 5.56 Å². The van der Waals surface area contributed by atoms with Crippen molar-refractivity contribution in [3.05, 3.63) is 29.3 Å². The van der Waals surface area contributed by atoms with Crippen LogP contribution in [0.3, 0.4) is 0 Å². The summed E-state index contributed by atoms with van der Waals surface area (Å²) < 4.78 is 43.5. The summed E-state index contributed by atoms with van der Waals surface area (Å²) in [5, 5.41) is 3.34. The number of piperidine rings is 1. The Morgan fingerprint density at radius 1 is 1.33 bits per heavy atom. The molecule has 1 fully saturated rings. The van der Waals surface area contributed by atoms with Gasteiger partial charge in [-0.2, -0.15) is 13.2 Å². The molecule has 0 saturated carbocycles. The highest BCUT2D eigenvalue weighted by molar-refractivity contribution is 5.44. The first kappa shape index (κ1) is 11.8. The topological polar surface area (TPSA) is 21.3 Å². The van der Waals surface area contributed by atoms with Crippen LogP contribution in [0.5, 0.6) is 5.75 Å². The van der Waals surface area contributed by atoms with Gasteiger partial charge in [-0.15, -0.1) is 0 Å². The van der Waals surface area contributed by atoms with Gasteiger partial charge < -0.3 is 10.1 Å². The van der Waals surface area contributed by atoms with Crippen molar-refractivity contribution < 1.29 is 17.9 Å². The van der Waals surface area contributed by atoms with E-state index in [2.05, 4.69) is 12.2 Å². The number of hydrogen-bond donors (Lipinski definition) is 1. The van der Waals surface area contributed by atoms with Crippen LogP contribution in [-0.4, -0.2) is 12.6 Å². The van der Waals surface area contributed by atoms with Crippen molar-refractivity contribution in [1.82, 2.24) is 5.32 Å². The second kappa shape index (κ2) is 3.88. The highest BCUT2D eigenvalue weighted by atomic mass is 19.4. The number of halogens is 3. The highest BCUT2D eigenvalue weighted by Crippen LogP contribution is 2.43. The van der Waals surface area contributed by atoms with E-state index < -0.39 is 11.7 Å². The van der Waals surface area contributed by atoms with Gasteiger partial charge in [-0.25, -0.2) is 0 Å². The highest BCUT2D eigenvalue weighted by Gasteiger charge is 2.40. The molecule has 1 saturated heterocycles. The molecule has 0 radical (unpaired) electrons. The van der Waals surface area contributed by atoms with Crippen LogP contribution in [0.25, 0.3) is 0 Å². The molecule has 1 unspecified atom stereocenters. The standard InChI is InChI=1S/C13H14F3NO/c1-7-4-11-12(17-6-7)9-3-2-8(13(14,15)16)5-10(9)18-11/h2-3,5,7,11-12,17H,4,6H2,1H3/t7-,11?,12-/m0/s1. The lowest BCUT2D eigenvalue weighted by molar-refractivity contribution is -0.137. The van der Waals surface area contributed by atoms with Gasteiger partial charge in [0.15, 0.2) is 0 Å². The average molecular weight is 257 g/mol. The Labute approximate surface area is 103 Å². The zero-order chi connectivity index (χ0) is 12.9. The lowest BCUT2D eigenvalue weighted by Gasteiger charge is -2.29. The van der Waals surface area contributed by atoms with Crippen molar-refractivity contribution >= 4 is 0 Å². The van der Waals surface area contributed by atoms with E-state index in [0.717, 1.165) is 30.7 Å². The molecule has 2 aliphatic rings. The molecular formula is C13H14F3NO. The SMILES string of the molecule is C[C@@H]1CN[C@H]2c3ccc(C(F)(F)F)cc3OC2C1. The van der Waals surface area contributed by atoms with Gasteiger partial charge in [0.25, 0.3) is 0 Å². The largest absolute Gasteiger partial charge is 0.488 e. The lowest BCUT2D eigenvalue weighted by atomic mass is 9.91. The van der Waals surface area contributed by atoms with Crippen molar-refractivity contribution in [3.63, 3.8) is 0 Å². The van der Waals surface area contributed by atoms with Crippen molar-refractivity contribution in [1.29, 1.82) is 0 Å². The third kappa shape index (κ3) is 1.86. The molecule has 0 aliphatic carbocycles. The summed E-state index contributed by atoms with van der Waals surface area (Å²) in [6.07, 6.45) is -3.46. The molecule has 5 heteroatoms. The maximum absolute atomic E-state index is 12.6. The van der Waals surface area contributed by atoms with E-state index in [9.17, 15) is 13.2 Å². The summed E-state index contributed by atoms with van der Waals surface area (Å²) in [5.74, 6) is 0.865. The van der Waals surface area contributed by atoms with Crippen molar-refractivity contribution in [2.75, 3.05) is 6.54 Å². The van der Waals surface area contributed by atoms with Crippen LogP contribution in [0.4, 0.5) is 13.2 Å². The van der Waals surface area contributed by atoms with Gasteiger partial charge in [0.05, 0.1) is 11.6 Å². The Hall–Kier alpha value is -1.23. The summed E-state index contributed by atoms with van der Waals surface area (Å²) in [5.41, 5.74) is 0.202. The maximum Gasteiger partial charge on any atom is 0.416 e. The fourth-order valence-electron chi connectivity index (χ4n) is 2.73. The average Bonchev–Trinajstić information content (AvgIpc) is 2.63. The Morgan fingerprint density at radius 2 is 2.11 bits per heavy atom. The molecule has 2 heterocycles. The normalized spacial score (nSPS) is 30.6. The first-order chi connectivity index (χ1) is 8.45. The molecule has 1 N–H and O–H groups in total. The summed E-state index contributed by atoms with van der Waals surface area (Å²) in [6.45, 7) is 2.99. The minimum Gasteiger partial charge on any atom is -0.488 e. The van der Waals surface area contributed by atoms with Crippen molar-refractivity contribution in [2.24, 2.45) is 5.92 Å². The molecule has 1 aromatic carbocycles. The van der Waals surface area contributed by atoms with Crippen LogP contribution in [-0.2, 0) is 6.18 Å².